The highest BCUT2D eigenvalue weighted by molar-refractivity contribution is 9.10. The molecule has 1 N–H and O–H groups in total. The molecule has 0 spiro atoms. The molecule has 1 aromatic heterocycles. The number of halogens is 1. The van der Waals surface area contributed by atoms with Crippen LogP contribution in [0.25, 0.3) is 0 Å². The maximum atomic E-state index is 11.8. The number of aromatic nitrogens is 2. The average molecular weight is 314 g/mol. The maximum Gasteiger partial charge on any atom is 0.282 e. The van der Waals surface area contributed by atoms with Crippen molar-refractivity contribution in [1.82, 2.24) is 9.78 Å². The van der Waals surface area contributed by atoms with Crippen molar-refractivity contribution >= 4 is 21.6 Å². The average Bonchev–Trinajstić information content (AvgIpc) is 2.35. The molecule has 0 saturated heterocycles. The van der Waals surface area contributed by atoms with Crippen LogP contribution in [0, 0.1) is 11.8 Å². The van der Waals surface area contributed by atoms with Crippen molar-refractivity contribution < 1.29 is 0 Å². The van der Waals surface area contributed by atoms with Crippen LogP contribution in [0.3, 0.4) is 0 Å². The van der Waals surface area contributed by atoms with Crippen LogP contribution < -0.4 is 10.9 Å². The summed E-state index contributed by atoms with van der Waals surface area (Å²) < 4.78 is 1.91. The second-order valence-electron chi connectivity index (χ2n) is 5.32. The summed E-state index contributed by atoms with van der Waals surface area (Å²) in [6.07, 6.45) is 5.43. The minimum atomic E-state index is -0.100. The summed E-state index contributed by atoms with van der Waals surface area (Å²) in [5.41, 5.74) is 0.709. The van der Waals surface area contributed by atoms with Gasteiger partial charge in [0.15, 0.2) is 0 Å². The molecular formula is C13H20BrN3O. The number of nitrogens with one attached hydrogen (secondary N) is 1. The van der Waals surface area contributed by atoms with Crippen LogP contribution in [0.1, 0.15) is 33.1 Å². The highest BCUT2D eigenvalue weighted by Crippen LogP contribution is 2.32. The Balaban J connectivity index is 2.19. The van der Waals surface area contributed by atoms with Crippen LogP contribution in [-0.2, 0) is 7.05 Å². The summed E-state index contributed by atoms with van der Waals surface area (Å²) in [6.45, 7) is 4.58. The SMILES string of the molecule is CC1CCCC(Nc2cnn(C)c(=O)c2Br)C1C. The van der Waals surface area contributed by atoms with Gasteiger partial charge < -0.3 is 5.32 Å². The lowest BCUT2D eigenvalue weighted by Crippen LogP contribution is -2.36. The first-order valence-corrected chi connectivity index (χ1v) is 7.28. The lowest BCUT2D eigenvalue weighted by atomic mass is 9.78. The zero-order valence-corrected chi connectivity index (χ0v) is 12.7. The zero-order chi connectivity index (χ0) is 13.3. The van der Waals surface area contributed by atoms with Gasteiger partial charge in [0, 0.05) is 13.1 Å². The maximum absolute atomic E-state index is 11.8. The first-order chi connectivity index (χ1) is 8.50. The van der Waals surface area contributed by atoms with Gasteiger partial charge in [-0.25, -0.2) is 4.68 Å². The van der Waals surface area contributed by atoms with Crippen LogP contribution in [-0.4, -0.2) is 15.8 Å². The zero-order valence-electron chi connectivity index (χ0n) is 11.1. The van der Waals surface area contributed by atoms with Crippen molar-refractivity contribution in [2.45, 2.75) is 39.2 Å². The molecule has 1 saturated carbocycles. The Bertz CT molecular complexity index is 486. The summed E-state index contributed by atoms with van der Waals surface area (Å²) in [6, 6.07) is 0.430. The molecule has 3 atom stereocenters. The molecule has 18 heavy (non-hydrogen) atoms. The molecule has 0 aliphatic heterocycles. The number of rotatable bonds is 2. The Morgan fingerprint density at radius 1 is 1.44 bits per heavy atom. The van der Waals surface area contributed by atoms with Crippen molar-refractivity contribution in [1.29, 1.82) is 0 Å². The predicted octanol–water partition coefficient (Wildman–Crippen LogP) is 2.78. The van der Waals surface area contributed by atoms with E-state index in [-0.39, 0.29) is 5.56 Å². The fourth-order valence-electron chi connectivity index (χ4n) is 2.60. The van der Waals surface area contributed by atoms with Crippen molar-refractivity contribution in [3.05, 3.63) is 21.0 Å². The molecule has 0 radical (unpaired) electrons. The topological polar surface area (TPSA) is 46.9 Å². The molecular weight excluding hydrogens is 294 g/mol. The molecule has 1 fully saturated rings. The van der Waals surface area contributed by atoms with E-state index < -0.39 is 0 Å². The van der Waals surface area contributed by atoms with Crippen LogP contribution >= 0.6 is 15.9 Å². The van der Waals surface area contributed by atoms with Crippen molar-refractivity contribution in [2.75, 3.05) is 5.32 Å². The molecule has 2 rings (SSSR count). The Hall–Kier alpha value is -0.840. The third-order valence-corrected chi connectivity index (χ3v) is 4.89. The van der Waals surface area contributed by atoms with Gasteiger partial charge >= 0.3 is 0 Å². The number of hydrogen-bond acceptors (Lipinski definition) is 3. The van der Waals surface area contributed by atoms with Gasteiger partial charge in [0.2, 0.25) is 0 Å². The van der Waals surface area contributed by atoms with Gasteiger partial charge in [-0.2, -0.15) is 5.10 Å². The highest BCUT2D eigenvalue weighted by atomic mass is 79.9. The summed E-state index contributed by atoms with van der Waals surface area (Å²) >= 11 is 3.36. The van der Waals surface area contributed by atoms with Gasteiger partial charge in [0.05, 0.1) is 11.9 Å². The van der Waals surface area contributed by atoms with Crippen LogP contribution in [0.4, 0.5) is 5.69 Å². The predicted molar refractivity (Wildman–Crippen MR) is 76.8 cm³/mol. The molecule has 1 aliphatic carbocycles. The van der Waals surface area contributed by atoms with Crippen LogP contribution in [0.15, 0.2) is 15.5 Å². The number of aryl methyl sites for hydroxylation is 1. The van der Waals surface area contributed by atoms with Gasteiger partial charge in [-0.3, -0.25) is 4.79 Å². The standard InChI is InChI=1S/C13H20BrN3O/c1-8-5-4-6-10(9(8)2)16-11-7-15-17(3)13(18)12(11)14/h7-10,16H,4-6H2,1-3H3. The molecule has 1 heterocycles. The Labute approximate surface area is 116 Å². The van der Waals surface area contributed by atoms with E-state index in [0.29, 0.717) is 16.4 Å². The third kappa shape index (κ3) is 2.60. The minimum absolute atomic E-state index is 0.100. The number of anilines is 1. The van der Waals surface area contributed by atoms with Gasteiger partial charge in [0.25, 0.3) is 5.56 Å². The Morgan fingerprint density at radius 3 is 2.89 bits per heavy atom. The van der Waals surface area contributed by atoms with Gasteiger partial charge in [-0.1, -0.05) is 26.7 Å². The summed E-state index contributed by atoms with van der Waals surface area (Å²) in [4.78, 5) is 11.8. The third-order valence-electron chi connectivity index (χ3n) is 4.13. The van der Waals surface area contributed by atoms with E-state index in [1.54, 1.807) is 13.2 Å². The molecule has 0 aromatic carbocycles. The lowest BCUT2D eigenvalue weighted by molar-refractivity contribution is 0.253. The Kier molecular flexibility index (Phi) is 4.10. The van der Waals surface area contributed by atoms with Gasteiger partial charge in [-0.05, 0) is 34.2 Å². The Morgan fingerprint density at radius 2 is 2.17 bits per heavy atom. The van der Waals surface area contributed by atoms with E-state index in [2.05, 4.69) is 40.2 Å². The van der Waals surface area contributed by atoms with E-state index in [1.807, 2.05) is 0 Å². The van der Waals surface area contributed by atoms with Gasteiger partial charge in [-0.15, -0.1) is 0 Å². The molecule has 1 aliphatic rings. The van der Waals surface area contributed by atoms with Gasteiger partial charge in [0.1, 0.15) is 4.47 Å². The second kappa shape index (κ2) is 5.43. The summed E-state index contributed by atoms with van der Waals surface area (Å²) in [5.74, 6) is 1.35. The van der Waals surface area contributed by atoms with E-state index in [9.17, 15) is 4.79 Å². The van der Waals surface area contributed by atoms with E-state index in [0.717, 1.165) is 18.0 Å². The number of nitrogens with zero attached hydrogens (tertiary/aromatic N) is 2. The fraction of sp³-hybridized carbons (Fsp3) is 0.692. The molecule has 0 amide bonds. The summed E-state index contributed by atoms with van der Waals surface area (Å²) in [7, 11) is 1.65. The molecule has 3 unspecified atom stereocenters. The molecule has 4 nitrogen and oxygen atoms in total. The molecule has 5 heteroatoms. The first-order valence-electron chi connectivity index (χ1n) is 6.49. The summed E-state index contributed by atoms with van der Waals surface area (Å²) in [5, 5.41) is 7.54. The molecule has 1 aromatic rings. The minimum Gasteiger partial charge on any atom is -0.380 e. The largest absolute Gasteiger partial charge is 0.380 e. The van der Waals surface area contributed by atoms with Crippen molar-refractivity contribution in [3.8, 4) is 0 Å². The quantitative estimate of drug-likeness (QED) is 0.913. The first kappa shape index (κ1) is 13.6. The highest BCUT2D eigenvalue weighted by Gasteiger charge is 2.27. The van der Waals surface area contributed by atoms with Crippen molar-refractivity contribution in [3.63, 3.8) is 0 Å². The number of hydrogen-bond donors (Lipinski definition) is 1. The van der Waals surface area contributed by atoms with E-state index >= 15 is 0 Å². The fourth-order valence-corrected chi connectivity index (χ4v) is 3.07. The molecule has 0 bridgehead atoms. The normalized spacial score (nSPS) is 28.1. The van der Waals surface area contributed by atoms with E-state index in [1.165, 1.54) is 17.5 Å². The van der Waals surface area contributed by atoms with E-state index in [4.69, 9.17) is 0 Å². The lowest BCUT2D eigenvalue weighted by Gasteiger charge is -2.35. The van der Waals surface area contributed by atoms with Crippen LogP contribution in [0.2, 0.25) is 0 Å². The second-order valence-corrected chi connectivity index (χ2v) is 6.11. The van der Waals surface area contributed by atoms with Crippen molar-refractivity contribution in [2.24, 2.45) is 18.9 Å². The monoisotopic (exact) mass is 313 g/mol. The van der Waals surface area contributed by atoms with Crippen LogP contribution in [0.5, 0.6) is 0 Å². The molecule has 100 valence electrons. The smallest absolute Gasteiger partial charge is 0.282 e.